The topological polar surface area (TPSA) is 98.0 Å². The van der Waals surface area contributed by atoms with Crippen molar-refractivity contribution in [2.24, 2.45) is 11.8 Å². The number of unbranched alkanes of at least 4 members (excludes halogenated alkanes) is 3. The van der Waals surface area contributed by atoms with E-state index in [2.05, 4.69) is 6.92 Å². The van der Waals surface area contributed by atoms with E-state index in [1.807, 2.05) is 18.2 Å². The second-order valence-corrected chi connectivity index (χ2v) is 7.78. The summed E-state index contributed by atoms with van der Waals surface area (Å²) in [5.41, 5.74) is -0.889. The van der Waals surface area contributed by atoms with Gasteiger partial charge in [0.2, 0.25) is 0 Å². The maximum atomic E-state index is 10.5. The van der Waals surface area contributed by atoms with Crippen molar-refractivity contribution < 1.29 is 25.2 Å². The first-order valence-corrected chi connectivity index (χ1v) is 9.91. The molecule has 0 saturated heterocycles. The van der Waals surface area contributed by atoms with Crippen LogP contribution in [0.15, 0.2) is 24.3 Å². The molecule has 0 bridgehead atoms. The van der Waals surface area contributed by atoms with Gasteiger partial charge in [-0.3, -0.25) is 4.79 Å². The standard InChI is InChI=1S/C21H36O5/c1-3-4-9-13-21(2,26)14-12-17-16(18(22)15-19(17)23)10-7-5-6-8-11-20(24)25/h5,7,12,14,16-19,22-23,26H,3-4,6,8-11,13,15H2,1-2H3,(H,24,25)/b7-5+,14-12-/t16-,17?,18+,19-,21-/m0/s1. The van der Waals surface area contributed by atoms with Crippen LogP contribution in [0.2, 0.25) is 0 Å². The Labute approximate surface area is 157 Å². The molecule has 1 aliphatic rings. The number of allylic oxidation sites excluding steroid dienone is 2. The predicted molar refractivity (Wildman–Crippen MR) is 103 cm³/mol. The number of aliphatic carboxylic acids is 1. The van der Waals surface area contributed by atoms with Crippen LogP contribution in [0, 0.1) is 11.8 Å². The first kappa shape index (κ1) is 22.9. The van der Waals surface area contributed by atoms with Crippen LogP contribution in [0.1, 0.15) is 71.6 Å². The molecule has 5 heteroatoms. The van der Waals surface area contributed by atoms with Crippen molar-refractivity contribution in [3.8, 4) is 0 Å². The summed E-state index contributed by atoms with van der Waals surface area (Å²) in [4.78, 5) is 10.5. The summed E-state index contributed by atoms with van der Waals surface area (Å²) in [6, 6.07) is 0. The molecule has 0 amide bonds. The molecule has 4 N–H and O–H groups in total. The average molecular weight is 369 g/mol. The predicted octanol–water partition coefficient (Wildman–Crippen LogP) is 3.43. The zero-order valence-electron chi connectivity index (χ0n) is 16.2. The van der Waals surface area contributed by atoms with E-state index in [4.69, 9.17) is 5.11 Å². The van der Waals surface area contributed by atoms with Gasteiger partial charge < -0.3 is 20.4 Å². The number of rotatable bonds is 12. The molecular formula is C21H36O5. The molecule has 1 fully saturated rings. The van der Waals surface area contributed by atoms with Crippen molar-refractivity contribution in [2.75, 3.05) is 0 Å². The summed E-state index contributed by atoms with van der Waals surface area (Å²) < 4.78 is 0. The molecule has 26 heavy (non-hydrogen) atoms. The third kappa shape index (κ3) is 8.47. The SMILES string of the molecule is CCCCC[C@](C)(O)/C=C\C1[C@@H](O)C[C@@H](O)[C@H]1C/C=C/CCCC(=O)O. The molecule has 0 aromatic rings. The van der Waals surface area contributed by atoms with Crippen LogP contribution >= 0.6 is 0 Å². The Kier molecular flexibility index (Phi) is 10.1. The third-order valence-corrected chi connectivity index (χ3v) is 5.22. The number of aliphatic hydroxyl groups excluding tert-OH is 2. The summed E-state index contributed by atoms with van der Waals surface area (Å²) in [6.45, 7) is 3.91. The lowest BCUT2D eigenvalue weighted by molar-refractivity contribution is -0.137. The summed E-state index contributed by atoms with van der Waals surface area (Å²) in [5.74, 6) is -1.04. The van der Waals surface area contributed by atoms with Gasteiger partial charge in [0.05, 0.1) is 17.8 Å². The van der Waals surface area contributed by atoms with Gasteiger partial charge in [0.25, 0.3) is 0 Å². The summed E-state index contributed by atoms with van der Waals surface area (Å²) >= 11 is 0. The highest BCUT2D eigenvalue weighted by Crippen LogP contribution is 2.37. The van der Waals surface area contributed by atoms with Crippen LogP contribution in [0.4, 0.5) is 0 Å². The second-order valence-electron chi connectivity index (χ2n) is 7.78. The van der Waals surface area contributed by atoms with Crippen molar-refractivity contribution >= 4 is 5.97 Å². The molecule has 0 radical (unpaired) electrons. The summed E-state index contributed by atoms with van der Waals surface area (Å²) in [6.07, 6.45) is 12.7. The highest BCUT2D eigenvalue weighted by atomic mass is 16.4. The fourth-order valence-corrected chi connectivity index (χ4v) is 3.58. The fourth-order valence-electron chi connectivity index (χ4n) is 3.58. The van der Waals surface area contributed by atoms with Crippen LogP contribution in [0.5, 0.6) is 0 Å². The molecule has 0 aromatic carbocycles. The lowest BCUT2D eigenvalue weighted by atomic mass is 9.88. The van der Waals surface area contributed by atoms with Crippen LogP contribution in [-0.4, -0.2) is 44.2 Å². The maximum absolute atomic E-state index is 10.5. The Morgan fingerprint density at radius 1 is 1.15 bits per heavy atom. The molecule has 0 spiro atoms. The van der Waals surface area contributed by atoms with E-state index in [1.54, 1.807) is 13.0 Å². The first-order valence-electron chi connectivity index (χ1n) is 9.91. The number of carboxylic acids is 1. The Balaban J connectivity index is 2.56. The highest BCUT2D eigenvalue weighted by molar-refractivity contribution is 5.66. The Morgan fingerprint density at radius 3 is 2.54 bits per heavy atom. The second kappa shape index (κ2) is 11.5. The Hall–Kier alpha value is -1.17. The molecule has 1 aliphatic carbocycles. The van der Waals surface area contributed by atoms with E-state index in [0.717, 1.165) is 19.3 Å². The van der Waals surface area contributed by atoms with Crippen LogP contribution in [0.25, 0.3) is 0 Å². The molecule has 5 nitrogen and oxygen atoms in total. The molecule has 0 aliphatic heterocycles. The Morgan fingerprint density at radius 2 is 1.88 bits per heavy atom. The quantitative estimate of drug-likeness (QED) is 0.312. The normalized spacial score (nSPS) is 28.8. The van der Waals surface area contributed by atoms with Gasteiger partial charge in [0.1, 0.15) is 0 Å². The Bertz CT molecular complexity index is 469. The molecule has 1 rings (SSSR count). The van der Waals surface area contributed by atoms with Gasteiger partial charge in [-0.1, -0.05) is 50.5 Å². The van der Waals surface area contributed by atoms with E-state index in [9.17, 15) is 20.1 Å². The number of aliphatic hydroxyl groups is 3. The zero-order valence-corrected chi connectivity index (χ0v) is 16.2. The van der Waals surface area contributed by atoms with E-state index >= 15 is 0 Å². The highest BCUT2D eigenvalue weighted by Gasteiger charge is 2.39. The van der Waals surface area contributed by atoms with Crippen LogP contribution in [-0.2, 0) is 4.79 Å². The largest absolute Gasteiger partial charge is 0.481 e. The molecule has 0 heterocycles. The monoisotopic (exact) mass is 368 g/mol. The number of carboxylic acid groups (broad SMARTS) is 1. The first-order chi connectivity index (χ1) is 12.3. The van der Waals surface area contributed by atoms with Crippen molar-refractivity contribution in [2.45, 2.75) is 89.4 Å². The van der Waals surface area contributed by atoms with Crippen molar-refractivity contribution in [1.29, 1.82) is 0 Å². The van der Waals surface area contributed by atoms with Gasteiger partial charge in [-0.2, -0.15) is 0 Å². The molecule has 150 valence electrons. The molecule has 1 saturated carbocycles. The van der Waals surface area contributed by atoms with E-state index in [-0.39, 0.29) is 18.3 Å². The van der Waals surface area contributed by atoms with Crippen LogP contribution < -0.4 is 0 Å². The number of carbonyl (C=O) groups is 1. The third-order valence-electron chi connectivity index (χ3n) is 5.22. The van der Waals surface area contributed by atoms with Gasteiger partial charge in [0, 0.05) is 18.8 Å². The lowest BCUT2D eigenvalue weighted by Gasteiger charge is -2.23. The van der Waals surface area contributed by atoms with E-state index < -0.39 is 23.8 Å². The van der Waals surface area contributed by atoms with Gasteiger partial charge in [0.15, 0.2) is 0 Å². The van der Waals surface area contributed by atoms with E-state index in [0.29, 0.717) is 32.1 Å². The minimum Gasteiger partial charge on any atom is -0.481 e. The lowest BCUT2D eigenvalue weighted by Crippen LogP contribution is -2.24. The fraction of sp³-hybridized carbons (Fsp3) is 0.762. The van der Waals surface area contributed by atoms with Gasteiger partial charge in [-0.25, -0.2) is 0 Å². The summed E-state index contributed by atoms with van der Waals surface area (Å²) in [5, 5.41) is 39.6. The maximum Gasteiger partial charge on any atom is 0.303 e. The minimum atomic E-state index is -0.889. The van der Waals surface area contributed by atoms with Crippen molar-refractivity contribution in [3.63, 3.8) is 0 Å². The zero-order chi connectivity index (χ0) is 19.6. The van der Waals surface area contributed by atoms with Crippen LogP contribution in [0.3, 0.4) is 0 Å². The molecule has 5 atom stereocenters. The van der Waals surface area contributed by atoms with Gasteiger partial charge in [-0.05, 0) is 38.5 Å². The van der Waals surface area contributed by atoms with Gasteiger partial charge in [-0.15, -0.1) is 0 Å². The average Bonchev–Trinajstić information content (AvgIpc) is 2.82. The van der Waals surface area contributed by atoms with Crippen molar-refractivity contribution in [1.82, 2.24) is 0 Å². The van der Waals surface area contributed by atoms with E-state index in [1.165, 1.54) is 0 Å². The number of hydrogen-bond acceptors (Lipinski definition) is 4. The smallest absolute Gasteiger partial charge is 0.303 e. The molecule has 1 unspecified atom stereocenters. The summed E-state index contributed by atoms with van der Waals surface area (Å²) in [7, 11) is 0. The minimum absolute atomic E-state index is 0.0802. The van der Waals surface area contributed by atoms with Gasteiger partial charge >= 0.3 is 5.97 Å². The molecular weight excluding hydrogens is 332 g/mol. The molecule has 0 aromatic heterocycles. The van der Waals surface area contributed by atoms with Crippen molar-refractivity contribution in [3.05, 3.63) is 24.3 Å². The number of hydrogen-bond donors (Lipinski definition) is 4.